The van der Waals surface area contributed by atoms with Crippen LogP contribution in [-0.4, -0.2) is 37.2 Å². The minimum Gasteiger partial charge on any atom is -0.377 e. The number of likely N-dealkylation sites (tertiary alicyclic amines) is 1. The topological polar surface area (TPSA) is 38.5 Å². The maximum absolute atomic E-state index is 6.02. The average molecular weight is 412 g/mol. The van der Waals surface area contributed by atoms with Crippen LogP contribution >= 0.6 is 43.2 Å². The predicted molar refractivity (Wildman–Crippen MR) is 87.7 cm³/mol. The summed E-state index contributed by atoms with van der Waals surface area (Å²) in [5.41, 5.74) is 5.97. The molecule has 0 aliphatic carbocycles. The summed E-state index contributed by atoms with van der Waals surface area (Å²) < 4.78 is 7.91. The molecule has 2 unspecified atom stereocenters. The second-order valence-corrected chi connectivity index (χ2v) is 8.51. The van der Waals surface area contributed by atoms with Crippen molar-refractivity contribution in [1.29, 1.82) is 0 Å². The van der Waals surface area contributed by atoms with Gasteiger partial charge in [0.05, 0.1) is 15.4 Å². The van der Waals surface area contributed by atoms with Gasteiger partial charge in [-0.25, -0.2) is 0 Å². The van der Waals surface area contributed by atoms with Crippen LogP contribution in [0.5, 0.6) is 0 Å². The smallest absolute Gasteiger partial charge is 0.0843 e. The minimum atomic E-state index is -0.0443. The van der Waals surface area contributed by atoms with E-state index in [1.165, 1.54) is 4.88 Å². The number of nitrogens with zero attached hydrogens (tertiary/aromatic N) is 1. The van der Waals surface area contributed by atoms with E-state index in [9.17, 15) is 0 Å². The normalized spacial score (nSPS) is 26.6. The Labute approximate surface area is 135 Å². The molecule has 2 N–H and O–H groups in total. The highest BCUT2D eigenvalue weighted by Gasteiger charge is 2.34. The van der Waals surface area contributed by atoms with Gasteiger partial charge >= 0.3 is 0 Å². The molecule has 108 valence electrons. The van der Waals surface area contributed by atoms with Crippen LogP contribution < -0.4 is 5.73 Å². The fourth-order valence-corrected chi connectivity index (χ4v) is 4.89. The molecule has 19 heavy (non-hydrogen) atoms. The summed E-state index contributed by atoms with van der Waals surface area (Å²) in [6, 6.07) is 2.45. The van der Waals surface area contributed by atoms with Crippen molar-refractivity contribution in [3.63, 3.8) is 0 Å². The molecule has 3 nitrogen and oxygen atoms in total. The highest BCUT2D eigenvalue weighted by molar-refractivity contribution is 9.13. The van der Waals surface area contributed by atoms with Crippen LogP contribution in [0.4, 0.5) is 0 Å². The third-order valence-electron chi connectivity index (χ3n) is 3.84. The zero-order valence-electron chi connectivity index (χ0n) is 11.3. The lowest BCUT2D eigenvalue weighted by atomic mass is 9.93. The van der Waals surface area contributed by atoms with Crippen LogP contribution in [0.25, 0.3) is 0 Å². The summed E-state index contributed by atoms with van der Waals surface area (Å²) in [5.74, 6) is 0. The van der Waals surface area contributed by atoms with Crippen LogP contribution in [0.3, 0.4) is 0 Å². The van der Waals surface area contributed by atoms with E-state index in [-0.39, 0.29) is 11.6 Å². The number of thiophene rings is 1. The molecule has 2 heterocycles. The second kappa shape index (κ2) is 6.54. The first-order valence-corrected chi connectivity index (χ1v) is 8.83. The lowest BCUT2D eigenvalue weighted by Crippen LogP contribution is -2.49. The number of rotatable bonds is 4. The quantitative estimate of drug-likeness (QED) is 0.819. The summed E-state index contributed by atoms with van der Waals surface area (Å²) in [4.78, 5) is 3.76. The molecular weight excluding hydrogens is 392 g/mol. The van der Waals surface area contributed by atoms with E-state index in [0.717, 1.165) is 34.2 Å². The fourth-order valence-electron chi connectivity index (χ4n) is 2.65. The molecule has 1 aromatic heterocycles. The van der Waals surface area contributed by atoms with Crippen LogP contribution in [0, 0.1) is 0 Å². The molecule has 6 heteroatoms. The molecule has 0 amide bonds. The zero-order valence-corrected chi connectivity index (χ0v) is 15.3. The van der Waals surface area contributed by atoms with Crippen molar-refractivity contribution < 1.29 is 4.74 Å². The molecule has 1 aliphatic heterocycles. The molecule has 0 bridgehead atoms. The Kier molecular flexibility index (Phi) is 5.48. The Morgan fingerprint density at radius 3 is 2.84 bits per heavy atom. The number of ether oxygens (including phenoxy) is 1. The highest BCUT2D eigenvalue weighted by Crippen LogP contribution is 2.38. The van der Waals surface area contributed by atoms with Crippen molar-refractivity contribution in [1.82, 2.24) is 4.90 Å². The van der Waals surface area contributed by atoms with Gasteiger partial charge in [-0.15, -0.1) is 11.3 Å². The minimum absolute atomic E-state index is 0.0443. The average Bonchev–Trinajstić information content (AvgIpc) is 2.70. The highest BCUT2D eigenvalue weighted by atomic mass is 79.9. The summed E-state index contributed by atoms with van der Waals surface area (Å²) >= 11 is 8.87. The van der Waals surface area contributed by atoms with Gasteiger partial charge in [0.15, 0.2) is 0 Å². The van der Waals surface area contributed by atoms with E-state index in [2.05, 4.69) is 49.7 Å². The molecule has 2 rings (SSSR count). The molecule has 1 saturated heterocycles. The number of hydrogen-bond donors (Lipinski definition) is 1. The Balaban J connectivity index is 2.17. The SMILES string of the molecule is COC1(C)CCCN(C(CN)c2cc(Br)c(Br)s2)C1. The van der Waals surface area contributed by atoms with Crippen LogP contribution in [0.2, 0.25) is 0 Å². The van der Waals surface area contributed by atoms with Crippen molar-refractivity contribution in [2.75, 3.05) is 26.7 Å². The number of nitrogens with two attached hydrogens (primary N) is 1. The Morgan fingerprint density at radius 2 is 2.32 bits per heavy atom. The van der Waals surface area contributed by atoms with Gasteiger partial charge in [0, 0.05) is 29.5 Å². The van der Waals surface area contributed by atoms with E-state index in [0.29, 0.717) is 6.54 Å². The standard InChI is InChI=1S/C13H20Br2N2OS/c1-13(18-2)4-3-5-17(8-13)10(7-16)11-6-9(14)12(15)19-11/h6,10H,3-5,7-8,16H2,1-2H3. The Morgan fingerprint density at radius 1 is 1.58 bits per heavy atom. The Bertz CT molecular complexity index is 421. The summed E-state index contributed by atoms with van der Waals surface area (Å²) in [5, 5.41) is 0. The molecule has 0 radical (unpaired) electrons. The first-order chi connectivity index (χ1) is 8.99. The van der Waals surface area contributed by atoms with Crippen LogP contribution in [0.15, 0.2) is 14.3 Å². The van der Waals surface area contributed by atoms with Crippen molar-refractivity contribution in [2.24, 2.45) is 5.73 Å². The van der Waals surface area contributed by atoms with E-state index >= 15 is 0 Å². The maximum Gasteiger partial charge on any atom is 0.0843 e. The van der Waals surface area contributed by atoms with Gasteiger partial charge in [0.1, 0.15) is 0 Å². The van der Waals surface area contributed by atoms with E-state index in [4.69, 9.17) is 10.5 Å². The van der Waals surface area contributed by atoms with Crippen molar-refractivity contribution in [3.05, 3.63) is 19.2 Å². The van der Waals surface area contributed by atoms with Gasteiger partial charge in [0.25, 0.3) is 0 Å². The number of piperidine rings is 1. The van der Waals surface area contributed by atoms with E-state index in [1.807, 2.05) is 0 Å². The van der Waals surface area contributed by atoms with Crippen LogP contribution in [0.1, 0.15) is 30.7 Å². The third-order valence-corrected chi connectivity index (χ3v) is 7.20. The molecule has 1 aromatic rings. The maximum atomic E-state index is 6.02. The molecule has 0 spiro atoms. The van der Waals surface area contributed by atoms with Gasteiger partial charge in [0.2, 0.25) is 0 Å². The molecular formula is C13H20Br2N2OS. The van der Waals surface area contributed by atoms with Gasteiger partial charge in [-0.3, -0.25) is 4.90 Å². The van der Waals surface area contributed by atoms with Gasteiger partial charge in [-0.2, -0.15) is 0 Å². The molecule has 0 saturated carbocycles. The third kappa shape index (κ3) is 3.60. The van der Waals surface area contributed by atoms with Gasteiger partial charge in [-0.1, -0.05) is 0 Å². The monoisotopic (exact) mass is 410 g/mol. The predicted octanol–water partition coefficient (Wildman–Crippen LogP) is 3.77. The zero-order chi connectivity index (χ0) is 14.0. The van der Waals surface area contributed by atoms with Crippen molar-refractivity contribution in [2.45, 2.75) is 31.4 Å². The summed E-state index contributed by atoms with van der Waals surface area (Å²) in [6.07, 6.45) is 2.28. The first-order valence-electron chi connectivity index (χ1n) is 6.43. The molecule has 1 aliphatic rings. The summed E-state index contributed by atoms with van der Waals surface area (Å²) in [6.45, 7) is 4.86. The van der Waals surface area contributed by atoms with Crippen molar-refractivity contribution >= 4 is 43.2 Å². The number of halogens is 2. The molecule has 0 aromatic carbocycles. The number of hydrogen-bond acceptors (Lipinski definition) is 4. The van der Waals surface area contributed by atoms with Gasteiger partial charge < -0.3 is 10.5 Å². The second-order valence-electron chi connectivity index (χ2n) is 5.25. The summed E-state index contributed by atoms with van der Waals surface area (Å²) in [7, 11) is 1.80. The lowest BCUT2D eigenvalue weighted by molar-refractivity contribution is -0.0605. The molecule has 2 atom stereocenters. The van der Waals surface area contributed by atoms with Gasteiger partial charge in [-0.05, 0) is 64.2 Å². The number of methoxy groups -OCH3 is 1. The van der Waals surface area contributed by atoms with Crippen molar-refractivity contribution in [3.8, 4) is 0 Å². The first kappa shape index (κ1) is 15.9. The molecule has 1 fully saturated rings. The fraction of sp³-hybridized carbons (Fsp3) is 0.692. The van der Waals surface area contributed by atoms with E-state index < -0.39 is 0 Å². The largest absolute Gasteiger partial charge is 0.377 e. The van der Waals surface area contributed by atoms with Crippen LogP contribution in [-0.2, 0) is 4.74 Å². The lowest BCUT2D eigenvalue weighted by Gasteiger charge is -2.42. The van der Waals surface area contributed by atoms with E-state index in [1.54, 1.807) is 18.4 Å². The Hall–Kier alpha value is 0.540.